The van der Waals surface area contributed by atoms with Gasteiger partial charge in [-0.1, -0.05) is 48.5 Å². The standard InChI is InChI=1S/C23H21NO3/c1-3-26-22(25)16-14-19-11-9-18(10-12-19)13-15-21-17(2)27-23(24-21)20-7-5-4-6-8-20/h4-16H,3H2,1-2H3/b15-13+,16-14+. The van der Waals surface area contributed by atoms with Crippen LogP contribution in [-0.2, 0) is 9.53 Å². The predicted octanol–water partition coefficient (Wildman–Crippen LogP) is 5.40. The van der Waals surface area contributed by atoms with Gasteiger partial charge in [-0.25, -0.2) is 9.78 Å². The maximum Gasteiger partial charge on any atom is 0.330 e. The summed E-state index contributed by atoms with van der Waals surface area (Å²) in [6.07, 6.45) is 7.09. The molecule has 2 aromatic carbocycles. The second-order valence-electron chi connectivity index (χ2n) is 5.91. The maximum atomic E-state index is 11.3. The van der Waals surface area contributed by atoms with E-state index in [2.05, 4.69) is 4.98 Å². The Bertz CT molecular complexity index is 951. The molecule has 27 heavy (non-hydrogen) atoms. The monoisotopic (exact) mass is 359 g/mol. The lowest BCUT2D eigenvalue weighted by atomic mass is 10.1. The van der Waals surface area contributed by atoms with Crippen LogP contribution in [0.15, 0.2) is 65.1 Å². The Balaban J connectivity index is 1.69. The van der Waals surface area contributed by atoms with Crippen molar-refractivity contribution in [2.75, 3.05) is 6.61 Å². The van der Waals surface area contributed by atoms with Gasteiger partial charge in [0.1, 0.15) is 11.5 Å². The lowest BCUT2D eigenvalue weighted by Gasteiger charge is -1.97. The fourth-order valence-corrected chi connectivity index (χ4v) is 2.52. The number of aryl methyl sites for hydroxylation is 1. The number of carbonyl (C=O) groups is 1. The van der Waals surface area contributed by atoms with Crippen LogP contribution < -0.4 is 0 Å². The average molecular weight is 359 g/mol. The normalized spacial score (nSPS) is 11.3. The Kier molecular flexibility index (Phi) is 6.00. The van der Waals surface area contributed by atoms with Crippen LogP contribution in [-0.4, -0.2) is 17.6 Å². The third kappa shape index (κ3) is 5.05. The molecular formula is C23H21NO3. The zero-order valence-electron chi connectivity index (χ0n) is 15.4. The second kappa shape index (κ2) is 8.81. The lowest BCUT2D eigenvalue weighted by Crippen LogP contribution is -1.98. The summed E-state index contributed by atoms with van der Waals surface area (Å²) >= 11 is 0. The topological polar surface area (TPSA) is 52.3 Å². The minimum atomic E-state index is -0.336. The largest absolute Gasteiger partial charge is 0.463 e. The molecule has 0 N–H and O–H groups in total. The summed E-state index contributed by atoms with van der Waals surface area (Å²) in [5, 5.41) is 0. The first-order chi connectivity index (χ1) is 13.2. The van der Waals surface area contributed by atoms with Gasteiger partial charge < -0.3 is 9.15 Å². The number of oxazole rings is 1. The van der Waals surface area contributed by atoms with E-state index in [0.717, 1.165) is 28.1 Å². The Labute approximate surface area is 158 Å². The number of ether oxygens (including phenoxy) is 1. The van der Waals surface area contributed by atoms with Gasteiger partial charge in [-0.05, 0) is 49.3 Å². The van der Waals surface area contributed by atoms with E-state index in [9.17, 15) is 4.79 Å². The van der Waals surface area contributed by atoms with Crippen LogP contribution in [0.2, 0.25) is 0 Å². The zero-order chi connectivity index (χ0) is 19.1. The van der Waals surface area contributed by atoms with Crippen LogP contribution in [0.25, 0.3) is 29.7 Å². The Hall–Kier alpha value is -3.40. The molecule has 3 rings (SSSR count). The van der Waals surface area contributed by atoms with Crippen molar-refractivity contribution >= 4 is 24.2 Å². The first kappa shape index (κ1) is 18.4. The molecule has 0 spiro atoms. The number of hydrogen-bond acceptors (Lipinski definition) is 4. The molecule has 0 bridgehead atoms. The highest BCUT2D eigenvalue weighted by molar-refractivity contribution is 5.87. The number of esters is 1. The van der Waals surface area contributed by atoms with Gasteiger partial charge in [-0.2, -0.15) is 0 Å². The van der Waals surface area contributed by atoms with E-state index in [-0.39, 0.29) is 5.97 Å². The third-order valence-corrected chi connectivity index (χ3v) is 3.92. The van der Waals surface area contributed by atoms with Gasteiger partial charge in [-0.15, -0.1) is 0 Å². The Morgan fingerprint density at radius 3 is 2.33 bits per heavy atom. The molecule has 0 aliphatic carbocycles. The van der Waals surface area contributed by atoms with Crippen molar-refractivity contribution in [2.24, 2.45) is 0 Å². The van der Waals surface area contributed by atoms with E-state index in [1.54, 1.807) is 13.0 Å². The Morgan fingerprint density at radius 2 is 1.67 bits per heavy atom. The second-order valence-corrected chi connectivity index (χ2v) is 5.91. The number of rotatable bonds is 6. The maximum absolute atomic E-state index is 11.3. The van der Waals surface area contributed by atoms with Crippen LogP contribution in [0, 0.1) is 6.92 Å². The number of benzene rings is 2. The first-order valence-electron chi connectivity index (χ1n) is 8.81. The predicted molar refractivity (Wildman–Crippen MR) is 108 cm³/mol. The molecule has 1 heterocycles. The van der Waals surface area contributed by atoms with Crippen molar-refractivity contribution in [3.63, 3.8) is 0 Å². The van der Waals surface area contributed by atoms with Gasteiger partial charge in [0, 0.05) is 11.6 Å². The van der Waals surface area contributed by atoms with Gasteiger partial charge in [0.05, 0.1) is 6.61 Å². The van der Waals surface area contributed by atoms with Crippen LogP contribution in [0.4, 0.5) is 0 Å². The number of hydrogen-bond donors (Lipinski definition) is 0. The van der Waals surface area contributed by atoms with E-state index < -0.39 is 0 Å². The van der Waals surface area contributed by atoms with Crippen molar-refractivity contribution < 1.29 is 13.9 Å². The molecule has 0 aliphatic rings. The van der Waals surface area contributed by atoms with Crippen molar-refractivity contribution in [3.8, 4) is 11.5 Å². The summed E-state index contributed by atoms with van der Waals surface area (Å²) in [6.45, 7) is 4.06. The van der Waals surface area contributed by atoms with Gasteiger partial charge in [0.25, 0.3) is 0 Å². The van der Waals surface area contributed by atoms with Crippen molar-refractivity contribution in [3.05, 3.63) is 83.3 Å². The molecule has 4 nitrogen and oxygen atoms in total. The highest BCUT2D eigenvalue weighted by Gasteiger charge is 2.08. The molecule has 0 fully saturated rings. The molecule has 0 aliphatic heterocycles. The smallest absolute Gasteiger partial charge is 0.330 e. The van der Waals surface area contributed by atoms with Gasteiger partial charge >= 0.3 is 5.97 Å². The number of carbonyl (C=O) groups excluding carboxylic acids is 1. The summed E-state index contributed by atoms with van der Waals surface area (Å²) in [6, 6.07) is 17.7. The fourth-order valence-electron chi connectivity index (χ4n) is 2.52. The quantitative estimate of drug-likeness (QED) is 0.437. The highest BCUT2D eigenvalue weighted by atomic mass is 16.5. The van der Waals surface area contributed by atoms with Crippen LogP contribution in [0.5, 0.6) is 0 Å². The van der Waals surface area contributed by atoms with Gasteiger partial charge in [0.15, 0.2) is 0 Å². The van der Waals surface area contributed by atoms with Crippen molar-refractivity contribution in [2.45, 2.75) is 13.8 Å². The molecule has 0 radical (unpaired) electrons. The van der Waals surface area contributed by atoms with Crippen LogP contribution >= 0.6 is 0 Å². The lowest BCUT2D eigenvalue weighted by molar-refractivity contribution is -0.137. The molecule has 0 atom stereocenters. The van der Waals surface area contributed by atoms with E-state index in [1.165, 1.54) is 6.08 Å². The SMILES string of the molecule is CCOC(=O)/C=C/c1ccc(/C=C/c2nc(-c3ccccc3)oc2C)cc1. The number of aromatic nitrogens is 1. The summed E-state index contributed by atoms with van der Waals surface area (Å²) in [5.41, 5.74) is 3.73. The fraction of sp³-hybridized carbons (Fsp3) is 0.130. The van der Waals surface area contributed by atoms with E-state index in [4.69, 9.17) is 9.15 Å². The van der Waals surface area contributed by atoms with E-state index in [1.807, 2.05) is 73.7 Å². The van der Waals surface area contributed by atoms with E-state index >= 15 is 0 Å². The average Bonchev–Trinajstić information content (AvgIpc) is 3.07. The van der Waals surface area contributed by atoms with Crippen molar-refractivity contribution in [1.82, 2.24) is 4.98 Å². The molecule has 3 aromatic rings. The third-order valence-electron chi connectivity index (χ3n) is 3.92. The molecular weight excluding hydrogens is 338 g/mol. The molecule has 136 valence electrons. The van der Waals surface area contributed by atoms with Crippen LogP contribution in [0.1, 0.15) is 29.5 Å². The van der Waals surface area contributed by atoms with E-state index in [0.29, 0.717) is 12.5 Å². The summed E-state index contributed by atoms with van der Waals surface area (Å²) in [7, 11) is 0. The molecule has 1 aromatic heterocycles. The van der Waals surface area contributed by atoms with Gasteiger partial charge in [-0.3, -0.25) is 0 Å². The molecule has 0 saturated carbocycles. The molecule has 0 unspecified atom stereocenters. The molecule has 0 amide bonds. The minimum absolute atomic E-state index is 0.336. The minimum Gasteiger partial charge on any atom is -0.463 e. The first-order valence-corrected chi connectivity index (χ1v) is 8.81. The summed E-state index contributed by atoms with van der Waals surface area (Å²) in [4.78, 5) is 15.9. The van der Waals surface area contributed by atoms with Crippen molar-refractivity contribution in [1.29, 1.82) is 0 Å². The molecule has 0 saturated heterocycles. The summed E-state index contributed by atoms with van der Waals surface area (Å²) < 4.78 is 10.6. The zero-order valence-corrected chi connectivity index (χ0v) is 15.4. The molecule has 4 heteroatoms. The Morgan fingerprint density at radius 1 is 1.00 bits per heavy atom. The summed E-state index contributed by atoms with van der Waals surface area (Å²) in [5.74, 6) is 1.06. The highest BCUT2D eigenvalue weighted by Crippen LogP contribution is 2.22. The van der Waals surface area contributed by atoms with Crippen LogP contribution in [0.3, 0.4) is 0 Å². The van der Waals surface area contributed by atoms with Gasteiger partial charge in [0.2, 0.25) is 5.89 Å². The number of nitrogens with zero attached hydrogens (tertiary/aromatic N) is 1.